The summed E-state index contributed by atoms with van der Waals surface area (Å²) >= 11 is 0. The van der Waals surface area contributed by atoms with Crippen LogP contribution in [0.15, 0.2) is 0 Å². The van der Waals surface area contributed by atoms with Crippen molar-refractivity contribution in [1.82, 2.24) is 0 Å². The van der Waals surface area contributed by atoms with Crippen LogP contribution in [-0.2, 0) is 9.53 Å². The zero-order valence-corrected chi connectivity index (χ0v) is 10.8. The lowest BCUT2D eigenvalue weighted by atomic mass is 9.96. The van der Waals surface area contributed by atoms with Crippen molar-refractivity contribution in [2.75, 3.05) is 6.61 Å². The van der Waals surface area contributed by atoms with Gasteiger partial charge in [-0.2, -0.15) is 0 Å². The Balaban J connectivity index is 2.09. The molecule has 1 fully saturated rings. The van der Waals surface area contributed by atoms with Gasteiger partial charge in [0.25, 0.3) is 0 Å². The number of hydrogen-bond donors (Lipinski definition) is 0. The summed E-state index contributed by atoms with van der Waals surface area (Å²) in [7, 11) is 0. The van der Waals surface area contributed by atoms with E-state index < -0.39 is 0 Å². The predicted octanol–water partition coefficient (Wildman–Crippen LogP) is 3.73. The molecule has 0 N–H and O–H groups in total. The molecule has 0 aromatic rings. The molecular formula is C14H26O2. The highest BCUT2D eigenvalue weighted by molar-refractivity contribution is 5.78. The van der Waals surface area contributed by atoms with Gasteiger partial charge in [-0.05, 0) is 31.6 Å². The minimum absolute atomic E-state index is 0.360. The first kappa shape index (κ1) is 13.7. The first-order chi connectivity index (χ1) is 7.72. The lowest BCUT2D eigenvalue weighted by Crippen LogP contribution is -2.20. The Morgan fingerprint density at radius 2 is 2.25 bits per heavy atom. The van der Waals surface area contributed by atoms with Gasteiger partial charge < -0.3 is 4.74 Å². The molecule has 1 rings (SSSR count). The lowest BCUT2D eigenvalue weighted by molar-refractivity contribution is -0.120. The largest absolute Gasteiger partial charge is 0.378 e. The molecule has 0 saturated carbocycles. The van der Waals surface area contributed by atoms with E-state index >= 15 is 0 Å². The average molecular weight is 226 g/mol. The monoisotopic (exact) mass is 226 g/mol. The van der Waals surface area contributed by atoms with E-state index in [1.54, 1.807) is 0 Å². The van der Waals surface area contributed by atoms with Gasteiger partial charge in [-0.25, -0.2) is 0 Å². The third-order valence-electron chi connectivity index (χ3n) is 3.38. The van der Waals surface area contributed by atoms with Crippen LogP contribution in [0.4, 0.5) is 0 Å². The third-order valence-corrected chi connectivity index (χ3v) is 3.38. The molecule has 1 aliphatic heterocycles. The van der Waals surface area contributed by atoms with Crippen LogP contribution in [0.5, 0.6) is 0 Å². The van der Waals surface area contributed by atoms with E-state index in [0.717, 1.165) is 32.3 Å². The fraction of sp³-hybridized carbons (Fsp3) is 0.929. The van der Waals surface area contributed by atoms with Crippen LogP contribution in [0.25, 0.3) is 0 Å². The first-order valence-corrected chi connectivity index (χ1v) is 6.85. The summed E-state index contributed by atoms with van der Waals surface area (Å²) in [6.07, 6.45) is 8.75. The molecule has 2 unspecified atom stereocenters. The van der Waals surface area contributed by atoms with Crippen molar-refractivity contribution >= 4 is 5.78 Å². The van der Waals surface area contributed by atoms with E-state index in [9.17, 15) is 4.79 Å². The number of ketones is 1. The Kier molecular flexibility index (Phi) is 6.70. The Morgan fingerprint density at radius 1 is 1.44 bits per heavy atom. The molecule has 16 heavy (non-hydrogen) atoms. The Morgan fingerprint density at radius 3 is 2.88 bits per heavy atom. The predicted molar refractivity (Wildman–Crippen MR) is 66.5 cm³/mol. The number of carbonyl (C=O) groups excluding carboxylic acids is 1. The summed E-state index contributed by atoms with van der Waals surface area (Å²) in [5.74, 6) is 0.986. The normalized spacial score (nSPS) is 23.0. The van der Waals surface area contributed by atoms with Gasteiger partial charge in [-0.1, -0.05) is 26.7 Å². The summed E-state index contributed by atoms with van der Waals surface area (Å²) in [4.78, 5) is 11.7. The van der Waals surface area contributed by atoms with Crippen molar-refractivity contribution in [2.45, 2.75) is 71.3 Å². The summed E-state index contributed by atoms with van der Waals surface area (Å²) in [6.45, 7) is 5.25. The Bertz CT molecular complexity index is 195. The topological polar surface area (TPSA) is 26.3 Å². The second-order valence-corrected chi connectivity index (χ2v) is 5.16. The highest BCUT2D eigenvalue weighted by Crippen LogP contribution is 2.19. The molecule has 0 spiro atoms. The van der Waals surface area contributed by atoms with Gasteiger partial charge in [0.05, 0.1) is 6.10 Å². The maximum atomic E-state index is 11.7. The SMILES string of the molecule is CCCC(C)CC(=O)CCC1CCCCO1. The van der Waals surface area contributed by atoms with Crippen molar-refractivity contribution < 1.29 is 9.53 Å². The van der Waals surface area contributed by atoms with E-state index in [4.69, 9.17) is 4.74 Å². The van der Waals surface area contributed by atoms with Gasteiger partial charge in [0.2, 0.25) is 0 Å². The van der Waals surface area contributed by atoms with Gasteiger partial charge in [0.1, 0.15) is 5.78 Å². The van der Waals surface area contributed by atoms with Crippen LogP contribution in [-0.4, -0.2) is 18.5 Å². The van der Waals surface area contributed by atoms with Crippen molar-refractivity contribution in [3.05, 3.63) is 0 Å². The number of rotatable bonds is 7. The van der Waals surface area contributed by atoms with Gasteiger partial charge in [-0.3, -0.25) is 4.79 Å². The van der Waals surface area contributed by atoms with E-state index in [-0.39, 0.29) is 0 Å². The molecule has 2 nitrogen and oxygen atoms in total. The number of carbonyl (C=O) groups is 1. The summed E-state index contributed by atoms with van der Waals surface area (Å²) in [5, 5.41) is 0. The maximum Gasteiger partial charge on any atom is 0.133 e. The highest BCUT2D eigenvalue weighted by Gasteiger charge is 2.16. The molecule has 1 heterocycles. The van der Waals surface area contributed by atoms with Gasteiger partial charge in [-0.15, -0.1) is 0 Å². The molecule has 0 aromatic heterocycles. The van der Waals surface area contributed by atoms with Gasteiger partial charge >= 0.3 is 0 Å². The van der Waals surface area contributed by atoms with Gasteiger partial charge in [0, 0.05) is 19.4 Å². The first-order valence-electron chi connectivity index (χ1n) is 6.85. The average Bonchev–Trinajstić information content (AvgIpc) is 2.28. The van der Waals surface area contributed by atoms with Gasteiger partial charge in [0.15, 0.2) is 0 Å². The van der Waals surface area contributed by atoms with Crippen molar-refractivity contribution in [3.63, 3.8) is 0 Å². The molecule has 0 aromatic carbocycles. The van der Waals surface area contributed by atoms with Crippen LogP contribution in [0.1, 0.15) is 65.2 Å². The molecule has 1 aliphatic rings. The summed E-state index contributed by atoms with van der Waals surface area (Å²) in [5.41, 5.74) is 0. The zero-order chi connectivity index (χ0) is 11.8. The fourth-order valence-corrected chi connectivity index (χ4v) is 2.44. The molecule has 2 atom stereocenters. The summed E-state index contributed by atoms with van der Waals surface area (Å²) in [6, 6.07) is 0. The highest BCUT2D eigenvalue weighted by atomic mass is 16.5. The molecular weight excluding hydrogens is 200 g/mol. The Labute approximate surface area is 99.8 Å². The van der Waals surface area contributed by atoms with Crippen LogP contribution >= 0.6 is 0 Å². The molecule has 0 aliphatic carbocycles. The van der Waals surface area contributed by atoms with Crippen LogP contribution in [0.2, 0.25) is 0 Å². The third kappa shape index (κ3) is 5.64. The lowest BCUT2D eigenvalue weighted by Gasteiger charge is -2.22. The summed E-state index contributed by atoms with van der Waals surface area (Å²) < 4.78 is 5.63. The molecule has 1 saturated heterocycles. The van der Waals surface area contributed by atoms with Crippen molar-refractivity contribution in [2.24, 2.45) is 5.92 Å². The van der Waals surface area contributed by atoms with E-state index in [2.05, 4.69) is 13.8 Å². The van der Waals surface area contributed by atoms with Crippen LogP contribution < -0.4 is 0 Å². The molecule has 94 valence electrons. The standard InChI is InChI=1S/C14H26O2/c1-3-6-12(2)11-13(15)8-9-14-7-4-5-10-16-14/h12,14H,3-11H2,1-2H3. The molecule has 2 heteroatoms. The van der Waals surface area contributed by atoms with E-state index in [0.29, 0.717) is 17.8 Å². The Hall–Kier alpha value is -0.370. The molecule has 0 bridgehead atoms. The molecule has 0 amide bonds. The molecule has 0 radical (unpaired) electrons. The minimum Gasteiger partial charge on any atom is -0.378 e. The van der Waals surface area contributed by atoms with Crippen molar-refractivity contribution in [3.8, 4) is 0 Å². The second-order valence-electron chi connectivity index (χ2n) is 5.16. The fourth-order valence-electron chi connectivity index (χ4n) is 2.44. The number of ether oxygens (including phenoxy) is 1. The van der Waals surface area contributed by atoms with Crippen LogP contribution in [0.3, 0.4) is 0 Å². The number of Topliss-reactive ketones (excluding diaryl/α,β-unsaturated/α-hetero) is 1. The smallest absolute Gasteiger partial charge is 0.133 e. The number of hydrogen-bond acceptors (Lipinski definition) is 2. The quantitative estimate of drug-likeness (QED) is 0.661. The van der Waals surface area contributed by atoms with Crippen LogP contribution in [0, 0.1) is 5.92 Å². The van der Waals surface area contributed by atoms with Crippen molar-refractivity contribution in [1.29, 1.82) is 0 Å². The maximum absolute atomic E-state index is 11.7. The van der Waals surface area contributed by atoms with E-state index in [1.165, 1.54) is 25.7 Å². The zero-order valence-electron chi connectivity index (χ0n) is 10.8. The second kappa shape index (κ2) is 7.83. The minimum atomic E-state index is 0.360. The van der Waals surface area contributed by atoms with E-state index in [1.807, 2.05) is 0 Å².